The first-order chi connectivity index (χ1) is 16.4. The second kappa shape index (κ2) is 8.55. The zero-order chi connectivity index (χ0) is 24.0. The predicted molar refractivity (Wildman–Crippen MR) is 129 cm³/mol. The number of aromatic amines is 1. The van der Waals surface area contributed by atoms with E-state index in [4.69, 9.17) is 4.74 Å². The summed E-state index contributed by atoms with van der Waals surface area (Å²) in [5, 5.41) is 7.63. The highest BCUT2D eigenvalue weighted by Crippen LogP contribution is 2.33. The quantitative estimate of drug-likeness (QED) is 0.367. The third kappa shape index (κ3) is 3.52. The molecule has 4 aromatic heterocycles. The van der Waals surface area contributed by atoms with Crippen molar-refractivity contribution in [2.24, 2.45) is 5.92 Å². The van der Waals surface area contributed by atoms with Gasteiger partial charge in [0.1, 0.15) is 5.56 Å². The lowest BCUT2D eigenvalue weighted by Crippen LogP contribution is -2.30. The maximum absolute atomic E-state index is 13.5. The SMILES string of the molecule is CCOC(=O)c1c(-n2ccc3nc4ccn([C@@H]5CCCC[C@@H]5C)c(=O)c4cc3c2=O)n[nH]c1C. The van der Waals surface area contributed by atoms with Gasteiger partial charge in [0.25, 0.3) is 11.1 Å². The minimum absolute atomic E-state index is 0.136. The van der Waals surface area contributed by atoms with Crippen LogP contribution in [0.15, 0.2) is 40.2 Å². The van der Waals surface area contributed by atoms with Crippen molar-refractivity contribution in [1.29, 1.82) is 0 Å². The zero-order valence-electron chi connectivity index (χ0n) is 19.5. The van der Waals surface area contributed by atoms with E-state index in [1.807, 2.05) is 12.3 Å². The molecule has 4 aromatic rings. The molecular weight excluding hydrogens is 434 g/mol. The zero-order valence-corrected chi connectivity index (χ0v) is 19.5. The molecule has 9 nitrogen and oxygen atoms in total. The summed E-state index contributed by atoms with van der Waals surface area (Å²) in [4.78, 5) is 44.0. The Balaban J connectivity index is 1.69. The Hall–Kier alpha value is -3.75. The molecule has 34 heavy (non-hydrogen) atoms. The number of nitrogens with zero attached hydrogens (tertiary/aromatic N) is 4. The first-order valence-electron chi connectivity index (χ1n) is 11.7. The summed E-state index contributed by atoms with van der Waals surface area (Å²) in [6.07, 6.45) is 7.72. The summed E-state index contributed by atoms with van der Waals surface area (Å²) in [5.41, 5.74) is 1.18. The highest BCUT2D eigenvalue weighted by molar-refractivity contribution is 5.95. The number of carbonyl (C=O) groups is 1. The van der Waals surface area contributed by atoms with Crippen molar-refractivity contribution in [1.82, 2.24) is 24.3 Å². The van der Waals surface area contributed by atoms with E-state index >= 15 is 0 Å². The van der Waals surface area contributed by atoms with Crippen molar-refractivity contribution in [3.05, 3.63) is 62.6 Å². The van der Waals surface area contributed by atoms with E-state index in [9.17, 15) is 14.4 Å². The average molecular weight is 462 g/mol. The molecule has 1 aliphatic carbocycles. The molecule has 0 aliphatic heterocycles. The van der Waals surface area contributed by atoms with E-state index in [0.717, 1.165) is 19.3 Å². The fourth-order valence-electron chi connectivity index (χ4n) is 5.02. The molecule has 2 atom stereocenters. The molecule has 1 N–H and O–H groups in total. The van der Waals surface area contributed by atoms with E-state index in [-0.39, 0.29) is 35.0 Å². The molecule has 0 radical (unpaired) electrons. The van der Waals surface area contributed by atoms with Crippen molar-refractivity contribution in [3.8, 4) is 5.82 Å². The normalized spacial score (nSPS) is 18.4. The fraction of sp³-hybridized carbons (Fsp3) is 0.400. The summed E-state index contributed by atoms with van der Waals surface area (Å²) in [6.45, 7) is 5.80. The number of hydrogen-bond donors (Lipinski definition) is 1. The summed E-state index contributed by atoms with van der Waals surface area (Å²) >= 11 is 0. The van der Waals surface area contributed by atoms with Crippen LogP contribution in [0.25, 0.3) is 27.6 Å². The van der Waals surface area contributed by atoms with Gasteiger partial charge < -0.3 is 9.30 Å². The third-order valence-electron chi connectivity index (χ3n) is 6.83. The monoisotopic (exact) mass is 461 g/mol. The molecule has 0 unspecified atom stereocenters. The maximum atomic E-state index is 13.5. The highest BCUT2D eigenvalue weighted by atomic mass is 16.5. The number of hydrogen-bond acceptors (Lipinski definition) is 6. The van der Waals surface area contributed by atoms with Crippen LogP contribution in [0.3, 0.4) is 0 Å². The van der Waals surface area contributed by atoms with Gasteiger partial charge in [0.2, 0.25) is 0 Å². The van der Waals surface area contributed by atoms with Crippen LogP contribution in [-0.2, 0) is 4.74 Å². The Kier molecular flexibility index (Phi) is 5.55. The molecule has 176 valence electrons. The molecule has 5 rings (SSSR count). The molecule has 0 amide bonds. The Bertz CT molecular complexity index is 1530. The second-order valence-electron chi connectivity index (χ2n) is 8.97. The maximum Gasteiger partial charge on any atom is 0.343 e. The topological polar surface area (TPSA) is 112 Å². The van der Waals surface area contributed by atoms with Crippen LogP contribution in [0.1, 0.15) is 61.6 Å². The molecule has 0 bridgehead atoms. The van der Waals surface area contributed by atoms with E-state index in [0.29, 0.717) is 28.0 Å². The number of H-pyrrole nitrogens is 1. The van der Waals surface area contributed by atoms with Crippen LogP contribution in [0.2, 0.25) is 0 Å². The Labute approximate surface area is 195 Å². The lowest BCUT2D eigenvalue weighted by atomic mass is 9.85. The largest absolute Gasteiger partial charge is 0.462 e. The molecule has 0 saturated heterocycles. The lowest BCUT2D eigenvalue weighted by Gasteiger charge is -2.30. The van der Waals surface area contributed by atoms with Gasteiger partial charge in [-0.15, -0.1) is 0 Å². The summed E-state index contributed by atoms with van der Waals surface area (Å²) in [7, 11) is 0. The van der Waals surface area contributed by atoms with Gasteiger partial charge in [0.05, 0.1) is 28.4 Å². The van der Waals surface area contributed by atoms with Crippen LogP contribution >= 0.6 is 0 Å². The Morgan fingerprint density at radius 2 is 1.82 bits per heavy atom. The van der Waals surface area contributed by atoms with Crippen LogP contribution in [0, 0.1) is 12.8 Å². The summed E-state index contributed by atoms with van der Waals surface area (Å²) in [6, 6.07) is 5.29. The van der Waals surface area contributed by atoms with Crippen LogP contribution in [0.5, 0.6) is 0 Å². The number of esters is 1. The molecule has 1 aliphatic rings. The van der Waals surface area contributed by atoms with Gasteiger partial charge in [-0.3, -0.25) is 19.3 Å². The van der Waals surface area contributed by atoms with E-state index in [1.165, 1.54) is 17.2 Å². The number of aryl methyl sites for hydroxylation is 1. The standard InChI is InChI=1S/C25H27N5O4/c1-4-34-25(33)21-15(3)27-28-22(21)30-12-10-19-17(24(30)32)13-16-18(26-19)9-11-29(23(16)31)20-8-6-5-7-14(20)2/h9-14,20H,4-8H2,1-3H3,(H,27,28)/t14-,20+/m0/s1. The fourth-order valence-corrected chi connectivity index (χ4v) is 5.02. The van der Waals surface area contributed by atoms with Gasteiger partial charge in [-0.1, -0.05) is 19.8 Å². The Morgan fingerprint density at radius 1 is 1.12 bits per heavy atom. The summed E-state index contributed by atoms with van der Waals surface area (Å²) in [5.74, 6) is 0.0140. The first-order valence-corrected chi connectivity index (χ1v) is 11.7. The number of pyridine rings is 3. The predicted octanol–water partition coefficient (Wildman–Crippen LogP) is 3.66. The van der Waals surface area contributed by atoms with Crippen molar-refractivity contribution >= 4 is 27.8 Å². The van der Waals surface area contributed by atoms with E-state index < -0.39 is 11.5 Å². The van der Waals surface area contributed by atoms with Gasteiger partial charge >= 0.3 is 5.97 Å². The van der Waals surface area contributed by atoms with Crippen LogP contribution < -0.4 is 11.1 Å². The van der Waals surface area contributed by atoms with Crippen molar-refractivity contribution < 1.29 is 9.53 Å². The number of carbonyl (C=O) groups excluding carboxylic acids is 1. The average Bonchev–Trinajstić information content (AvgIpc) is 3.21. The minimum atomic E-state index is -0.558. The van der Waals surface area contributed by atoms with Crippen molar-refractivity contribution in [3.63, 3.8) is 0 Å². The molecular formula is C25H27N5O4. The number of fused-ring (bicyclic) bond motifs is 2. The van der Waals surface area contributed by atoms with Crippen molar-refractivity contribution in [2.75, 3.05) is 6.61 Å². The third-order valence-corrected chi connectivity index (χ3v) is 6.83. The van der Waals surface area contributed by atoms with Gasteiger partial charge in [-0.2, -0.15) is 5.10 Å². The van der Waals surface area contributed by atoms with Gasteiger partial charge in [-0.05, 0) is 50.8 Å². The summed E-state index contributed by atoms with van der Waals surface area (Å²) < 4.78 is 8.23. The molecule has 0 spiro atoms. The Morgan fingerprint density at radius 3 is 2.56 bits per heavy atom. The van der Waals surface area contributed by atoms with Gasteiger partial charge in [0.15, 0.2) is 5.82 Å². The molecule has 0 aromatic carbocycles. The van der Waals surface area contributed by atoms with Gasteiger partial charge in [-0.25, -0.2) is 9.78 Å². The number of rotatable bonds is 4. The van der Waals surface area contributed by atoms with Crippen molar-refractivity contribution in [2.45, 2.75) is 52.5 Å². The molecule has 1 saturated carbocycles. The number of ether oxygens (including phenoxy) is 1. The first kappa shape index (κ1) is 22.1. The second-order valence-corrected chi connectivity index (χ2v) is 8.97. The molecule has 4 heterocycles. The van der Waals surface area contributed by atoms with Crippen LogP contribution in [0.4, 0.5) is 0 Å². The van der Waals surface area contributed by atoms with Crippen LogP contribution in [-0.4, -0.2) is 36.9 Å². The minimum Gasteiger partial charge on any atom is -0.462 e. The highest BCUT2D eigenvalue weighted by Gasteiger charge is 2.25. The van der Waals surface area contributed by atoms with Gasteiger partial charge in [0, 0.05) is 24.1 Å². The van der Waals surface area contributed by atoms with E-state index in [2.05, 4.69) is 22.1 Å². The lowest BCUT2D eigenvalue weighted by molar-refractivity contribution is 0.0525. The van der Waals surface area contributed by atoms with E-state index in [1.54, 1.807) is 30.5 Å². The molecule has 9 heteroatoms. The number of aromatic nitrogens is 5. The number of nitrogens with one attached hydrogen (secondary N) is 1. The molecule has 1 fully saturated rings. The smallest absolute Gasteiger partial charge is 0.343 e.